The summed E-state index contributed by atoms with van der Waals surface area (Å²) in [5.74, 6) is 0. The van der Waals surface area contributed by atoms with Crippen LogP contribution in [0.15, 0.2) is 29.2 Å². The van der Waals surface area contributed by atoms with Crippen molar-refractivity contribution in [2.75, 3.05) is 19.3 Å². The third kappa shape index (κ3) is 4.30. The summed E-state index contributed by atoms with van der Waals surface area (Å²) < 4.78 is 0. The van der Waals surface area contributed by atoms with Crippen LogP contribution in [0.1, 0.15) is 18.4 Å². The molecule has 0 atom stereocenters. The zero-order chi connectivity index (χ0) is 13.5. The molecule has 2 aromatic rings. The van der Waals surface area contributed by atoms with Gasteiger partial charge in [-0.1, -0.05) is 30.4 Å². The lowest BCUT2D eigenvalue weighted by atomic mass is 10.2. The quantitative estimate of drug-likeness (QED) is 0.626. The van der Waals surface area contributed by atoms with Gasteiger partial charge in [0, 0.05) is 16.9 Å². The van der Waals surface area contributed by atoms with Crippen molar-refractivity contribution in [3.63, 3.8) is 0 Å². The second-order valence-corrected chi connectivity index (χ2v) is 6.13. The van der Waals surface area contributed by atoms with Crippen LogP contribution in [0.4, 0.5) is 0 Å². The summed E-state index contributed by atoms with van der Waals surface area (Å²) in [6, 6.07) is 8.50. The number of benzene rings is 1. The number of hydrogen-bond acceptors (Lipinski definition) is 5. The fourth-order valence-corrected chi connectivity index (χ4v) is 3.04. The highest BCUT2D eigenvalue weighted by molar-refractivity contribution is 7.98. The van der Waals surface area contributed by atoms with Crippen molar-refractivity contribution >= 4 is 23.1 Å². The van der Waals surface area contributed by atoms with Crippen molar-refractivity contribution in [2.24, 2.45) is 0 Å². The minimum absolute atomic E-state index is 1.01. The number of aryl methyl sites for hydroxylation is 1. The monoisotopic (exact) mass is 293 g/mol. The van der Waals surface area contributed by atoms with Gasteiger partial charge in [0.1, 0.15) is 10.0 Å². The number of hydrogen-bond donors (Lipinski definition) is 1. The van der Waals surface area contributed by atoms with E-state index in [9.17, 15) is 0 Å². The lowest BCUT2D eigenvalue weighted by molar-refractivity contribution is 0.669. The zero-order valence-electron chi connectivity index (χ0n) is 11.3. The van der Waals surface area contributed by atoms with E-state index in [1.807, 2.05) is 0 Å². The third-order valence-electron chi connectivity index (χ3n) is 2.80. The second-order valence-electron chi connectivity index (χ2n) is 4.19. The molecule has 3 nitrogen and oxygen atoms in total. The first kappa shape index (κ1) is 14.5. The minimum atomic E-state index is 1.01. The summed E-state index contributed by atoms with van der Waals surface area (Å²) in [5, 5.41) is 14.0. The zero-order valence-corrected chi connectivity index (χ0v) is 13.0. The molecule has 0 aliphatic heterocycles. The maximum atomic E-state index is 4.28. The van der Waals surface area contributed by atoms with Crippen molar-refractivity contribution in [3.05, 3.63) is 29.3 Å². The van der Waals surface area contributed by atoms with E-state index in [0.29, 0.717) is 0 Å². The molecule has 1 N–H and O–H groups in total. The highest BCUT2D eigenvalue weighted by Crippen LogP contribution is 2.26. The molecule has 2 rings (SSSR count). The number of thioether (sulfide) groups is 1. The van der Waals surface area contributed by atoms with Crippen molar-refractivity contribution in [1.29, 1.82) is 0 Å². The summed E-state index contributed by atoms with van der Waals surface area (Å²) in [6.45, 7) is 4.21. The standard InChI is InChI=1S/C14H19N3S2/c1-3-15-10-4-5-13-16-17-14(19-13)11-6-8-12(18-2)9-7-11/h6-9,15H,3-5,10H2,1-2H3. The smallest absolute Gasteiger partial charge is 0.147 e. The van der Waals surface area contributed by atoms with Gasteiger partial charge in [0.2, 0.25) is 0 Å². The molecule has 1 aromatic heterocycles. The molecule has 0 unspecified atom stereocenters. The Labute approximate surface area is 122 Å². The van der Waals surface area contributed by atoms with Crippen LogP contribution < -0.4 is 5.32 Å². The molecular weight excluding hydrogens is 274 g/mol. The minimum Gasteiger partial charge on any atom is -0.317 e. The summed E-state index contributed by atoms with van der Waals surface area (Å²) in [5.41, 5.74) is 1.16. The van der Waals surface area contributed by atoms with Gasteiger partial charge >= 0.3 is 0 Å². The normalized spacial score (nSPS) is 10.8. The number of rotatable bonds is 7. The van der Waals surface area contributed by atoms with E-state index >= 15 is 0 Å². The molecule has 0 aliphatic carbocycles. The third-order valence-corrected chi connectivity index (χ3v) is 4.57. The van der Waals surface area contributed by atoms with Crippen molar-refractivity contribution in [2.45, 2.75) is 24.7 Å². The molecule has 1 heterocycles. The van der Waals surface area contributed by atoms with E-state index in [1.165, 1.54) is 4.90 Å². The van der Waals surface area contributed by atoms with Crippen LogP contribution >= 0.6 is 23.1 Å². The summed E-state index contributed by atoms with van der Waals surface area (Å²) in [6.07, 6.45) is 4.21. The summed E-state index contributed by atoms with van der Waals surface area (Å²) in [4.78, 5) is 1.28. The molecule has 1 aromatic carbocycles. The molecule has 0 spiro atoms. The van der Waals surface area contributed by atoms with Gasteiger partial charge < -0.3 is 5.32 Å². The van der Waals surface area contributed by atoms with Crippen molar-refractivity contribution in [1.82, 2.24) is 15.5 Å². The first-order valence-corrected chi connectivity index (χ1v) is 8.55. The molecule has 0 fully saturated rings. The van der Waals surface area contributed by atoms with Crippen LogP contribution in [0.25, 0.3) is 10.6 Å². The van der Waals surface area contributed by atoms with E-state index in [2.05, 4.69) is 53.0 Å². The molecular formula is C14H19N3S2. The van der Waals surface area contributed by atoms with E-state index < -0.39 is 0 Å². The highest BCUT2D eigenvalue weighted by atomic mass is 32.2. The lowest BCUT2D eigenvalue weighted by Crippen LogP contribution is -2.14. The Morgan fingerprint density at radius 3 is 2.68 bits per heavy atom. The molecule has 5 heteroatoms. The fraction of sp³-hybridized carbons (Fsp3) is 0.429. The Bertz CT molecular complexity index is 494. The van der Waals surface area contributed by atoms with Gasteiger partial charge in [0.05, 0.1) is 0 Å². The topological polar surface area (TPSA) is 37.8 Å². The summed E-state index contributed by atoms with van der Waals surface area (Å²) >= 11 is 3.45. The Morgan fingerprint density at radius 1 is 1.21 bits per heavy atom. The molecule has 0 saturated heterocycles. The Kier molecular flexibility index (Phi) is 5.82. The number of nitrogens with zero attached hydrogens (tertiary/aromatic N) is 2. The van der Waals surface area contributed by atoms with Crippen LogP contribution in [-0.2, 0) is 6.42 Å². The lowest BCUT2D eigenvalue weighted by Gasteiger charge is -1.98. The largest absolute Gasteiger partial charge is 0.317 e. The molecule has 0 aliphatic rings. The first-order valence-electron chi connectivity index (χ1n) is 6.51. The van der Waals surface area contributed by atoms with E-state index in [-0.39, 0.29) is 0 Å². The van der Waals surface area contributed by atoms with E-state index in [1.54, 1.807) is 23.1 Å². The van der Waals surface area contributed by atoms with Gasteiger partial charge in [-0.3, -0.25) is 0 Å². The average molecular weight is 293 g/mol. The molecule has 0 bridgehead atoms. The SMILES string of the molecule is CCNCCCc1nnc(-c2ccc(SC)cc2)s1. The fourth-order valence-electron chi connectivity index (χ4n) is 1.75. The second kappa shape index (κ2) is 7.62. The molecule has 102 valence electrons. The van der Waals surface area contributed by atoms with Crippen LogP contribution in [0.2, 0.25) is 0 Å². The van der Waals surface area contributed by atoms with Gasteiger partial charge in [0.25, 0.3) is 0 Å². The van der Waals surface area contributed by atoms with E-state index in [4.69, 9.17) is 0 Å². The van der Waals surface area contributed by atoms with Crippen LogP contribution in [-0.4, -0.2) is 29.5 Å². The van der Waals surface area contributed by atoms with Gasteiger partial charge in [-0.2, -0.15) is 0 Å². The Morgan fingerprint density at radius 2 is 2.00 bits per heavy atom. The van der Waals surface area contributed by atoms with Gasteiger partial charge in [-0.15, -0.1) is 22.0 Å². The highest BCUT2D eigenvalue weighted by Gasteiger charge is 2.06. The average Bonchev–Trinajstić information content (AvgIpc) is 2.92. The predicted molar refractivity (Wildman–Crippen MR) is 84.0 cm³/mol. The van der Waals surface area contributed by atoms with Crippen LogP contribution in [0.5, 0.6) is 0 Å². The molecule has 0 radical (unpaired) electrons. The van der Waals surface area contributed by atoms with Crippen molar-refractivity contribution in [3.8, 4) is 10.6 Å². The predicted octanol–water partition coefficient (Wildman–Crippen LogP) is 3.47. The van der Waals surface area contributed by atoms with Gasteiger partial charge in [0.15, 0.2) is 0 Å². The maximum absolute atomic E-state index is 4.28. The number of aromatic nitrogens is 2. The van der Waals surface area contributed by atoms with Crippen LogP contribution in [0, 0.1) is 0 Å². The number of nitrogens with one attached hydrogen (secondary N) is 1. The molecule has 0 amide bonds. The van der Waals surface area contributed by atoms with Gasteiger partial charge in [-0.25, -0.2) is 0 Å². The summed E-state index contributed by atoms with van der Waals surface area (Å²) in [7, 11) is 0. The van der Waals surface area contributed by atoms with Gasteiger partial charge in [-0.05, 0) is 37.9 Å². The Balaban J connectivity index is 1.95. The molecule has 0 saturated carbocycles. The van der Waals surface area contributed by atoms with E-state index in [0.717, 1.165) is 41.5 Å². The maximum Gasteiger partial charge on any atom is 0.147 e. The Hall–Kier alpha value is -0.910. The van der Waals surface area contributed by atoms with Crippen LogP contribution in [0.3, 0.4) is 0 Å². The molecule has 19 heavy (non-hydrogen) atoms. The first-order chi connectivity index (χ1) is 9.33. The van der Waals surface area contributed by atoms with Crippen molar-refractivity contribution < 1.29 is 0 Å².